The van der Waals surface area contributed by atoms with E-state index in [0.717, 1.165) is 24.1 Å². The quantitative estimate of drug-likeness (QED) is 0.136. The summed E-state index contributed by atoms with van der Waals surface area (Å²) >= 11 is 1.53. The van der Waals surface area contributed by atoms with Gasteiger partial charge in [0.1, 0.15) is 29.0 Å². The number of benzene rings is 3. The summed E-state index contributed by atoms with van der Waals surface area (Å²) in [5, 5.41) is 6.50. The number of anilines is 1. The molecule has 1 aliphatic rings. The molecule has 250 valence electrons. The van der Waals surface area contributed by atoms with Gasteiger partial charge in [-0.25, -0.2) is 8.78 Å². The van der Waals surface area contributed by atoms with Gasteiger partial charge in [-0.05, 0) is 75.6 Å². The van der Waals surface area contributed by atoms with Crippen LogP contribution in [0.1, 0.15) is 67.1 Å². The number of furan rings is 1. The third kappa shape index (κ3) is 7.63. The van der Waals surface area contributed by atoms with Crippen LogP contribution in [0.25, 0.3) is 22.3 Å². The lowest BCUT2D eigenvalue weighted by Crippen LogP contribution is -2.46. The van der Waals surface area contributed by atoms with Gasteiger partial charge in [0.25, 0.3) is 5.91 Å². The van der Waals surface area contributed by atoms with Crippen molar-refractivity contribution in [3.63, 3.8) is 0 Å². The van der Waals surface area contributed by atoms with Gasteiger partial charge in [0.05, 0.1) is 23.6 Å². The predicted octanol–water partition coefficient (Wildman–Crippen LogP) is 7.26. The fourth-order valence-electron chi connectivity index (χ4n) is 6.00. The number of nitrogens with one attached hydrogen (secondary N) is 2. The van der Waals surface area contributed by atoms with E-state index < -0.39 is 17.5 Å². The Labute approximate surface area is 279 Å². The van der Waals surface area contributed by atoms with Crippen LogP contribution in [-0.4, -0.2) is 62.5 Å². The summed E-state index contributed by atoms with van der Waals surface area (Å²) < 4.78 is 43.0. The topological polar surface area (TPSA) is 87.1 Å². The summed E-state index contributed by atoms with van der Waals surface area (Å²) in [5.41, 5.74) is 3.16. The average Bonchev–Trinajstić information content (AvgIpc) is 3.44. The first kappa shape index (κ1) is 34.4. The highest BCUT2D eigenvalue weighted by Crippen LogP contribution is 2.42. The maximum atomic E-state index is 15.1. The summed E-state index contributed by atoms with van der Waals surface area (Å²) in [6.07, 6.45) is 3.53. The van der Waals surface area contributed by atoms with E-state index in [-0.39, 0.29) is 35.8 Å². The van der Waals surface area contributed by atoms with E-state index in [1.54, 1.807) is 42.3 Å². The highest BCUT2D eigenvalue weighted by molar-refractivity contribution is 7.99. The molecule has 1 aromatic heterocycles. The molecule has 1 saturated heterocycles. The lowest BCUT2D eigenvalue weighted by Gasteiger charge is -2.37. The smallest absolute Gasteiger partial charge is 0.255 e. The van der Waals surface area contributed by atoms with Crippen molar-refractivity contribution < 1.29 is 27.5 Å². The molecule has 2 N–H and O–H groups in total. The minimum atomic E-state index is -0.930. The van der Waals surface area contributed by atoms with Gasteiger partial charge in [-0.3, -0.25) is 14.9 Å². The monoisotopic (exact) mass is 664 g/mol. The van der Waals surface area contributed by atoms with Crippen molar-refractivity contribution in [2.75, 3.05) is 44.5 Å². The van der Waals surface area contributed by atoms with E-state index in [1.807, 2.05) is 50.5 Å². The number of piperidine rings is 1. The van der Waals surface area contributed by atoms with Gasteiger partial charge in [-0.15, -0.1) is 0 Å². The molecule has 11 heteroatoms. The molecular formula is C36H42F2N4O4S. The lowest BCUT2D eigenvalue weighted by molar-refractivity contribution is -0.136. The maximum absolute atomic E-state index is 15.1. The Kier molecular flexibility index (Phi) is 10.6. The Bertz CT molecular complexity index is 1740. The van der Waals surface area contributed by atoms with Gasteiger partial charge in [-0.1, -0.05) is 30.1 Å². The van der Waals surface area contributed by atoms with Crippen LogP contribution >= 0.6 is 11.9 Å². The number of carbonyl (C=O) groups is 2. The molecule has 0 spiro atoms. The Morgan fingerprint density at radius 1 is 1.13 bits per heavy atom. The van der Waals surface area contributed by atoms with Gasteiger partial charge in [0.15, 0.2) is 0 Å². The van der Waals surface area contributed by atoms with E-state index in [0.29, 0.717) is 40.9 Å². The fraction of sp³-hybridized carbons (Fsp3) is 0.389. The zero-order chi connectivity index (χ0) is 33.9. The number of carbonyl (C=O) groups excluding carboxylic acids is 2. The van der Waals surface area contributed by atoms with Crippen LogP contribution in [0.5, 0.6) is 0 Å². The van der Waals surface area contributed by atoms with Crippen molar-refractivity contribution >= 4 is 40.4 Å². The van der Waals surface area contributed by atoms with Gasteiger partial charge < -0.3 is 23.7 Å². The van der Waals surface area contributed by atoms with E-state index in [4.69, 9.17) is 9.15 Å². The fourth-order valence-corrected chi connectivity index (χ4v) is 6.35. The number of halogens is 2. The van der Waals surface area contributed by atoms with Crippen molar-refractivity contribution in [1.82, 2.24) is 15.5 Å². The molecule has 8 nitrogen and oxygen atoms in total. The number of rotatable bonds is 10. The molecule has 0 aliphatic carbocycles. The van der Waals surface area contributed by atoms with E-state index in [9.17, 15) is 14.0 Å². The Morgan fingerprint density at radius 3 is 2.51 bits per heavy atom. The first-order valence-corrected chi connectivity index (χ1v) is 16.9. The second-order valence-electron chi connectivity index (χ2n) is 12.7. The van der Waals surface area contributed by atoms with Crippen molar-refractivity contribution in [1.29, 1.82) is 0 Å². The molecule has 2 atom stereocenters. The highest BCUT2D eigenvalue weighted by atomic mass is 32.2. The van der Waals surface area contributed by atoms with Gasteiger partial charge in [0, 0.05) is 61.9 Å². The number of ether oxygens (including phenoxy) is 1. The van der Waals surface area contributed by atoms with Crippen LogP contribution < -0.4 is 14.9 Å². The Balaban J connectivity index is 1.54. The number of amides is 2. The normalized spacial score (nSPS) is 15.9. The molecule has 0 bridgehead atoms. The van der Waals surface area contributed by atoms with Crippen LogP contribution in [0.2, 0.25) is 0 Å². The molecule has 1 fully saturated rings. The SMILES string of the molecule is CNC(=O)c1c(-c2ccc(F)cc2)oc2cc(N(C)SC)c(C3CCCN(C(=O)C(NCOC(C)(C)C)c4ccccc4F)C3)cc12. The molecule has 0 saturated carbocycles. The molecule has 3 aromatic carbocycles. The molecule has 4 aromatic rings. The molecule has 2 unspecified atom stereocenters. The van der Waals surface area contributed by atoms with Crippen LogP contribution in [0.15, 0.2) is 65.1 Å². The first-order valence-electron chi connectivity index (χ1n) is 15.7. The molecule has 1 aliphatic heterocycles. The zero-order valence-electron chi connectivity index (χ0n) is 27.7. The molecule has 2 heterocycles. The summed E-state index contributed by atoms with van der Waals surface area (Å²) in [6, 6.07) is 15.1. The van der Waals surface area contributed by atoms with Crippen molar-refractivity contribution in [2.45, 2.75) is 51.2 Å². The summed E-state index contributed by atoms with van der Waals surface area (Å²) in [6.45, 7) is 6.77. The number of hydrogen-bond acceptors (Lipinski definition) is 7. The second-order valence-corrected chi connectivity index (χ2v) is 13.6. The number of likely N-dealkylation sites (tertiary alicyclic amines) is 1. The maximum Gasteiger partial charge on any atom is 0.255 e. The van der Waals surface area contributed by atoms with Crippen LogP contribution in [0.3, 0.4) is 0 Å². The lowest BCUT2D eigenvalue weighted by atomic mass is 9.87. The van der Waals surface area contributed by atoms with E-state index in [2.05, 4.69) is 10.6 Å². The van der Waals surface area contributed by atoms with E-state index >= 15 is 4.39 Å². The number of nitrogens with zero attached hydrogens (tertiary/aromatic N) is 2. The highest BCUT2D eigenvalue weighted by Gasteiger charge is 2.34. The minimum Gasteiger partial charge on any atom is -0.455 e. The van der Waals surface area contributed by atoms with Crippen molar-refractivity contribution in [2.24, 2.45) is 0 Å². The van der Waals surface area contributed by atoms with Crippen molar-refractivity contribution in [3.05, 3.63) is 89.0 Å². The second kappa shape index (κ2) is 14.5. The van der Waals surface area contributed by atoms with Crippen molar-refractivity contribution in [3.8, 4) is 11.3 Å². The van der Waals surface area contributed by atoms with Crippen LogP contribution in [-0.2, 0) is 9.53 Å². The molecule has 0 radical (unpaired) electrons. The molecular weight excluding hydrogens is 622 g/mol. The molecule has 5 rings (SSSR count). The van der Waals surface area contributed by atoms with Gasteiger partial charge in [-0.2, -0.15) is 0 Å². The Morgan fingerprint density at radius 2 is 1.85 bits per heavy atom. The average molecular weight is 665 g/mol. The summed E-state index contributed by atoms with van der Waals surface area (Å²) in [5.74, 6) is -1.12. The van der Waals surface area contributed by atoms with Crippen LogP contribution in [0.4, 0.5) is 14.5 Å². The third-order valence-electron chi connectivity index (χ3n) is 8.44. The molecule has 2 amide bonds. The van der Waals surface area contributed by atoms with Gasteiger partial charge in [0.2, 0.25) is 5.91 Å². The standard InChI is InChI=1S/C36H42F2N4O4S/c1-36(2,3)45-21-40-32(25-11-7-8-12-28(25)38)35(44)42-17-9-10-23(20-42)26-18-27-30(19-29(26)41(5)47-6)46-33(31(27)34(43)39-4)22-13-15-24(37)16-14-22/h7-8,11-16,18-19,23,32,40H,9-10,17,20-21H2,1-6H3,(H,39,43). The largest absolute Gasteiger partial charge is 0.455 e. The first-order chi connectivity index (χ1) is 22.4. The summed E-state index contributed by atoms with van der Waals surface area (Å²) in [7, 11) is 3.52. The minimum absolute atomic E-state index is 0.0734. The Hall–Kier alpha value is -3.93. The number of hydrogen-bond donors (Lipinski definition) is 2. The zero-order valence-corrected chi connectivity index (χ0v) is 28.5. The summed E-state index contributed by atoms with van der Waals surface area (Å²) in [4.78, 5) is 29.2. The van der Waals surface area contributed by atoms with E-state index in [1.165, 1.54) is 30.1 Å². The third-order valence-corrected chi connectivity index (χ3v) is 9.18. The van der Waals surface area contributed by atoms with Gasteiger partial charge >= 0.3 is 0 Å². The molecule has 47 heavy (non-hydrogen) atoms. The van der Waals surface area contributed by atoms with Crippen LogP contribution in [0, 0.1) is 11.6 Å². The number of fused-ring (bicyclic) bond motifs is 1. The predicted molar refractivity (Wildman–Crippen MR) is 183 cm³/mol.